The highest BCUT2D eigenvalue weighted by Gasteiger charge is 2.20. The molecule has 3 rings (SSSR count). The fourth-order valence-electron chi connectivity index (χ4n) is 2.56. The Morgan fingerprint density at radius 3 is 2.45 bits per heavy atom. The number of carboxylic acids is 1. The lowest BCUT2D eigenvalue weighted by molar-refractivity contribution is -0.140. The van der Waals surface area contributed by atoms with Gasteiger partial charge in [-0.3, -0.25) is 14.4 Å². The summed E-state index contributed by atoms with van der Waals surface area (Å²) in [6.45, 7) is 3.34. The van der Waals surface area contributed by atoms with Crippen LogP contribution in [0.4, 0.5) is 0 Å². The molecule has 1 atom stereocenters. The molecule has 0 saturated carbocycles. The number of carboxylic acid groups (broad SMARTS) is 1. The van der Waals surface area contributed by atoms with Crippen molar-refractivity contribution in [2.24, 2.45) is 0 Å². The summed E-state index contributed by atoms with van der Waals surface area (Å²) < 4.78 is 10.6. The summed E-state index contributed by atoms with van der Waals surface area (Å²) in [6.07, 6.45) is 1.44. The molecule has 0 spiro atoms. The Kier molecular flexibility index (Phi) is 5.82. The Morgan fingerprint density at radius 1 is 1.07 bits per heavy atom. The number of aryl methyl sites for hydroxylation is 1. The molecule has 1 heterocycles. The second-order valence-electron chi connectivity index (χ2n) is 6.52. The Bertz CT molecular complexity index is 981. The van der Waals surface area contributed by atoms with Crippen LogP contribution in [0.5, 0.6) is 11.5 Å². The van der Waals surface area contributed by atoms with E-state index in [9.17, 15) is 14.4 Å². The normalized spacial score (nSPS) is 13.5. The lowest BCUT2D eigenvalue weighted by Gasteiger charge is -2.14. The number of hydrogen-bond donors (Lipinski definition) is 3. The smallest absolute Gasteiger partial charge is 0.325 e. The minimum absolute atomic E-state index is 0.0949. The molecule has 0 radical (unpaired) electrons. The van der Waals surface area contributed by atoms with Crippen LogP contribution >= 0.6 is 0 Å². The highest BCUT2D eigenvalue weighted by atomic mass is 16.7. The molecule has 8 heteroatoms. The van der Waals surface area contributed by atoms with E-state index in [1.807, 2.05) is 6.92 Å². The quantitative estimate of drug-likeness (QED) is 0.644. The van der Waals surface area contributed by atoms with Crippen LogP contribution in [0.3, 0.4) is 0 Å². The first-order valence-corrected chi connectivity index (χ1v) is 8.86. The topological polar surface area (TPSA) is 114 Å². The van der Waals surface area contributed by atoms with Gasteiger partial charge in [-0.25, -0.2) is 0 Å². The molecular formula is C21H20N2O6. The third-order valence-corrected chi connectivity index (χ3v) is 4.23. The van der Waals surface area contributed by atoms with E-state index in [-0.39, 0.29) is 12.5 Å². The van der Waals surface area contributed by atoms with Crippen molar-refractivity contribution in [3.8, 4) is 11.5 Å². The lowest BCUT2D eigenvalue weighted by Crippen LogP contribution is -2.42. The van der Waals surface area contributed by atoms with E-state index in [0.29, 0.717) is 22.6 Å². The maximum atomic E-state index is 12.6. The Hall–Kier alpha value is -3.81. The summed E-state index contributed by atoms with van der Waals surface area (Å²) in [7, 11) is 0. The van der Waals surface area contributed by atoms with Crippen LogP contribution in [0.1, 0.15) is 28.4 Å². The third kappa shape index (κ3) is 4.92. The second kappa shape index (κ2) is 8.47. The van der Waals surface area contributed by atoms with Crippen LogP contribution in [0, 0.1) is 6.92 Å². The molecule has 0 aliphatic carbocycles. The largest absolute Gasteiger partial charge is 0.480 e. The van der Waals surface area contributed by atoms with E-state index in [2.05, 4.69) is 10.6 Å². The van der Waals surface area contributed by atoms with Gasteiger partial charge in [-0.1, -0.05) is 23.8 Å². The zero-order chi connectivity index (χ0) is 21.0. The zero-order valence-corrected chi connectivity index (χ0v) is 15.9. The number of aliphatic carboxylic acids is 1. The van der Waals surface area contributed by atoms with E-state index in [0.717, 1.165) is 5.56 Å². The fourth-order valence-corrected chi connectivity index (χ4v) is 2.56. The van der Waals surface area contributed by atoms with E-state index in [1.54, 1.807) is 42.5 Å². The third-order valence-electron chi connectivity index (χ3n) is 4.23. The number of nitrogens with one attached hydrogen (secondary N) is 2. The van der Waals surface area contributed by atoms with Crippen molar-refractivity contribution in [3.63, 3.8) is 0 Å². The van der Waals surface area contributed by atoms with E-state index in [1.165, 1.54) is 13.0 Å². The Balaban J connectivity index is 1.88. The molecule has 2 amide bonds. The SMILES string of the molecule is Cc1ccc(C(=O)N/C(=C\c2ccc3c(c2)OCO3)C(=O)NC(C)C(=O)O)cc1. The van der Waals surface area contributed by atoms with Crippen LogP contribution in [0.25, 0.3) is 6.08 Å². The van der Waals surface area contributed by atoms with Gasteiger partial charge in [0, 0.05) is 5.56 Å². The fraction of sp³-hybridized carbons (Fsp3) is 0.190. The molecule has 8 nitrogen and oxygen atoms in total. The van der Waals surface area contributed by atoms with Crippen LogP contribution in [-0.4, -0.2) is 35.7 Å². The molecule has 150 valence electrons. The van der Waals surface area contributed by atoms with Gasteiger partial charge in [0.25, 0.3) is 11.8 Å². The average molecular weight is 396 g/mol. The van der Waals surface area contributed by atoms with Crippen LogP contribution in [0.15, 0.2) is 48.2 Å². The number of hydrogen-bond acceptors (Lipinski definition) is 5. The number of rotatable bonds is 6. The predicted octanol–water partition coefficient (Wildman–Crippen LogP) is 2.08. The molecule has 29 heavy (non-hydrogen) atoms. The van der Waals surface area contributed by atoms with Crippen molar-refractivity contribution in [2.45, 2.75) is 19.9 Å². The number of carbonyl (C=O) groups is 3. The first-order chi connectivity index (χ1) is 13.8. The summed E-state index contributed by atoms with van der Waals surface area (Å²) in [5, 5.41) is 13.9. The second-order valence-corrected chi connectivity index (χ2v) is 6.52. The predicted molar refractivity (Wildman–Crippen MR) is 104 cm³/mol. The molecule has 2 aromatic rings. The van der Waals surface area contributed by atoms with Crippen LogP contribution in [0.2, 0.25) is 0 Å². The Morgan fingerprint density at radius 2 is 1.76 bits per heavy atom. The van der Waals surface area contributed by atoms with Gasteiger partial charge in [0.2, 0.25) is 6.79 Å². The summed E-state index contributed by atoms with van der Waals surface area (Å²) in [5.41, 5.74) is 1.84. The number of fused-ring (bicyclic) bond motifs is 1. The standard InChI is InChI=1S/C21H20N2O6/c1-12-3-6-15(7-4-12)19(24)23-16(20(25)22-13(2)21(26)27)9-14-5-8-17-18(10-14)29-11-28-17/h3-10,13H,11H2,1-2H3,(H,22,25)(H,23,24)(H,26,27)/b16-9-. The maximum Gasteiger partial charge on any atom is 0.325 e. The van der Waals surface area contributed by atoms with Crippen LogP contribution in [-0.2, 0) is 9.59 Å². The van der Waals surface area contributed by atoms with Crippen molar-refractivity contribution in [1.29, 1.82) is 0 Å². The van der Waals surface area contributed by atoms with Crippen molar-refractivity contribution in [2.75, 3.05) is 6.79 Å². The van der Waals surface area contributed by atoms with Gasteiger partial charge in [0.15, 0.2) is 11.5 Å². The van der Waals surface area contributed by atoms with E-state index in [4.69, 9.17) is 14.6 Å². The zero-order valence-electron chi connectivity index (χ0n) is 15.9. The highest BCUT2D eigenvalue weighted by molar-refractivity contribution is 6.06. The van der Waals surface area contributed by atoms with Crippen LogP contribution < -0.4 is 20.1 Å². The van der Waals surface area contributed by atoms with Crippen molar-refractivity contribution in [3.05, 3.63) is 64.9 Å². The Labute approximate surface area is 167 Å². The molecule has 3 N–H and O–H groups in total. The first kappa shape index (κ1) is 19.9. The maximum absolute atomic E-state index is 12.6. The molecule has 0 saturated heterocycles. The number of benzene rings is 2. The summed E-state index contributed by atoms with van der Waals surface area (Å²) >= 11 is 0. The monoisotopic (exact) mass is 396 g/mol. The molecule has 0 aromatic heterocycles. The van der Waals surface area contributed by atoms with E-state index < -0.39 is 23.8 Å². The molecule has 0 fully saturated rings. The molecular weight excluding hydrogens is 376 g/mol. The highest BCUT2D eigenvalue weighted by Crippen LogP contribution is 2.33. The van der Waals surface area contributed by atoms with Gasteiger partial charge in [0.05, 0.1) is 0 Å². The summed E-state index contributed by atoms with van der Waals surface area (Å²) in [6, 6.07) is 10.8. The van der Waals surface area contributed by atoms with Crippen molar-refractivity contribution in [1.82, 2.24) is 10.6 Å². The van der Waals surface area contributed by atoms with Gasteiger partial charge >= 0.3 is 5.97 Å². The molecule has 0 bridgehead atoms. The average Bonchev–Trinajstić information content (AvgIpc) is 3.15. The molecule has 2 aromatic carbocycles. The number of ether oxygens (including phenoxy) is 2. The van der Waals surface area contributed by atoms with Gasteiger partial charge in [-0.05, 0) is 49.8 Å². The van der Waals surface area contributed by atoms with Crippen molar-refractivity contribution < 1.29 is 29.0 Å². The minimum atomic E-state index is -1.19. The lowest BCUT2D eigenvalue weighted by atomic mass is 10.1. The van der Waals surface area contributed by atoms with Gasteiger partial charge in [0.1, 0.15) is 11.7 Å². The molecule has 1 aliphatic rings. The van der Waals surface area contributed by atoms with Gasteiger partial charge < -0.3 is 25.2 Å². The van der Waals surface area contributed by atoms with E-state index >= 15 is 0 Å². The summed E-state index contributed by atoms with van der Waals surface area (Å²) in [5.74, 6) is -1.31. The van der Waals surface area contributed by atoms with Gasteiger partial charge in [-0.2, -0.15) is 0 Å². The number of carbonyl (C=O) groups excluding carboxylic acids is 2. The van der Waals surface area contributed by atoms with Crippen molar-refractivity contribution >= 4 is 23.9 Å². The minimum Gasteiger partial charge on any atom is -0.480 e. The first-order valence-electron chi connectivity index (χ1n) is 8.86. The number of amides is 2. The summed E-state index contributed by atoms with van der Waals surface area (Å²) in [4.78, 5) is 36.2. The van der Waals surface area contributed by atoms with Gasteiger partial charge in [-0.15, -0.1) is 0 Å². The molecule has 1 unspecified atom stereocenters. The molecule has 1 aliphatic heterocycles.